The van der Waals surface area contributed by atoms with E-state index in [2.05, 4.69) is 5.32 Å². The maximum absolute atomic E-state index is 12.1. The van der Waals surface area contributed by atoms with Crippen molar-refractivity contribution in [3.05, 3.63) is 0 Å². The molecule has 0 rings (SSSR count). The molecule has 0 fully saturated rings. The van der Waals surface area contributed by atoms with Crippen LogP contribution in [0.4, 0.5) is 13.2 Å². The first-order valence-electron chi connectivity index (χ1n) is 5.20. The molecule has 0 radical (unpaired) electrons. The Morgan fingerprint density at radius 3 is 2.07 bits per heavy atom. The lowest BCUT2D eigenvalue weighted by Crippen LogP contribution is -2.42. The summed E-state index contributed by atoms with van der Waals surface area (Å²) in [4.78, 5) is 0. The standard InChI is InChI=1S/C10H20F3NO/c1-7(2)9(4-5-15)14-8(3)6-10(11,12)13/h7-9,14-15H,4-6H2,1-3H3. The van der Waals surface area contributed by atoms with Gasteiger partial charge < -0.3 is 10.4 Å². The smallest absolute Gasteiger partial charge is 0.390 e. The molecule has 0 saturated heterocycles. The largest absolute Gasteiger partial charge is 0.396 e. The van der Waals surface area contributed by atoms with Crippen molar-refractivity contribution in [2.75, 3.05) is 6.61 Å². The molecule has 0 aromatic heterocycles. The van der Waals surface area contributed by atoms with Crippen LogP contribution in [-0.2, 0) is 0 Å². The molecule has 0 aromatic carbocycles. The summed E-state index contributed by atoms with van der Waals surface area (Å²) in [6.07, 6.45) is -4.48. The van der Waals surface area contributed by atoms with Crippen LogP contribution in [0, 0.1) is 5.92 Å². The predicted molar refractivity (Wildman–Crippen MR) is 53.6 cm³/mol. The number of nitrogens with one attached hydrogen (secondary N) is 1. The van der Waals surface area contributed by atoms with Crippen molar-refractivity contribution >= 4 is 0 Å². The number of aliphatic hydroxyl groups excluding tert-OH is 1. The summed E-state index contributed by atoms with van der Waals surface area (Å²) < 4.78 is 36.2. The van der Waals surface area contributed by atoms with Gasteiger partial charge in [-0.3, -0.25) is 0 Å². The van der Waals surface area contributed by atoms with E-state index in [-0.39, 0.29) is 18.6 Å². The lowest BCUT2D eigenvalue weighted by molar-refractivity contribution is -0.139. The van der Waals surface area contributed by atoms with Gasteiger partial charge in [0.05, 0.1) is 6.42 Å². The number of hydrogen-bond donors (Lipinski definition) is 2. The van der Waals surface area contributed by atoms with Gasteiger partial charge in [0.2, 0.25) is 0 Å². The third-order valence-electron chi connectivity index (χ3n) is 2.28. The summed E-state index contributed by atoms with van der Waals surface area (Å²) in [5, 5.41) is 11.7. The van der Waals surface area contributed by atoms with E-state index in [0.29, 0.717) is 6.42 Å². The van der Waals surface area contributed by atoms with E-state index in [4.69, 9.17) is 5.11 Å². The highest BCUT2D eigenvalue weighted by Gasteiger charge is 2.30. The second-order valence-electron chi connectivity index (χ2n) is 4.25. The van der Waals surface area contributed by atoms with E-state index in [1.165, 1.54) is 6.92 Å². The fourth-order valence-electron chi connectivity index (χ4n) is 1.52. The van der Waals surface area contributed by atoms with Crippen molar-refractivity contribution in [1.82, 2.24) is 5.32 Å². The fraction of sp³-hybridized carbons (Fsp3) is 1.00. The van der Waals surface area contributed by atoms with Gasteiger partial charge in [0.15, 0.2) is 0 Å². The molecule has 0 aliphatic carbocycles. The molecule has 2 nitrogen and oxygen atoms in total. The van der Waals surface area contributed by atoms with Crippen molar-refractivity contribution in [2.45, 2.75) is 51.9 Å². The third-order valence-corrected chi connectivity index (χ3v) is 2.28. The molecular weight excluding hydrogens is 207 g/mol. The summed E-state index contributed by atoms with van der Waals surface area (Å²) in [5.41, 5.74) is 0. The number of halogens is 3. The van der Waals surface area contributed by atoms with Crippen molar-refractivity contribution in [3.8, 4) is 0 Å². The second kappa shape index (κ2) is 6.33. The lowest BCUT2D eigenvalue weighted by atomic mass is 10.00. The highest BCUT2D eigenvalue weighted by atomic mass is 19.4. The van der Waals surface area contributed by atoms with Crippen molar-refractivity contribution < 1.29 is 18.3 Å². The summed E-state index contributed by atoms with van der Waals surface area (Å²) in [6.45, 7) is 5.36. The summed E-state index contributed by atoms with van der Waals surface area (Å²) >= 11 is 0. The SMILES string of the molecule is CC(CC(F)(F)F)NC(CCO)C(C)C. The molecule has 0 amide bonds. The van der Waals surface area contributed by atoms with Gasteiger partial charge >= 0.3 is 6.18 Å². The van der Waals surface area contributed by atoms with Gasteiger partial charge in [-0.1, -0.05) is 13.8 Å². The van der Waals surface area contributed by atoms with Gasteiger partial charge in [-0.15, -0.1) is 0 Å². The van der Waals surface area contributed by atoms with E-state index in [1.807, 2.05) is 13.8 Å². The molecule has 0 spiro atoms. The van der Waals surface area contributed by atoms with Crippen LogP contribution in [0.2, 0.25) is 0 Å². The van der Waals surface area contributed by atoms with Crippen LogP contribution < -0.4 is 5.32 Å². The lowest BCUT2D eigenvalue weighted by Gasteiger charge is -2.26. The van der Waals surface area contributed by atoms with Gasteiger partial charge in [0, 0.05) is 18.7 Å². The van der Waals surface area contributed by atoms with Crippen LogP contribution in [0.15, 0.2) is 0 Å². The minimum absolute atomic E-state index is 0.00537. The fourth-order valence-corrected chi connectivity index (χ4v) is 1.52. The Balaban J connectivity index is 4.05. The van der Waals surface area contributed by atoms with E-state index < -0.39 is 18.6 Å². The van der Waals surface area contributed by atoms with Crippen LogP contribution in [0.25, 0.3) is 0 Å². The number of aliphatic hydroxyl groups is 1. The molecule has 15 heavy (non-hydrogen) atoms. The average molecular weight is 227 g/mol. The Labute approximate surface area is 88.9 Å². The van der Waals surface area contributed by atoms with Gasteiger partial charge in [0.1, 0.15) is 0 Å². The van der Waals surface area contributed by atoms with Crippen LogP contribution in [-0.4, -0.2) is 30.0 Å². The molecule has 5 heteroatoms. The molecule has 0 aliphatic rings. The summed E-state index contributed by atoms with van der Waals surface area (Å²) in [7, 11) is 0. The van der Waals surface area contributed by atoms with Gasteiger partial charge in [-0.25, -0.2) is 0 Å². The van der Waals surface area contributed by atoms with Gasteiger partial charge in [-0.2, -0.15) is 13.2 Å². The number of rotatable bonds is 6. The molecule has 2 unspecified atom stereocenters. The molecule has 0 heterocycles. The maximum atomic E-state index is 12.1. The first kappa shape index (κ1) is 14.7. The van der Waals surface area contributed by atoms with E-state index in [9.17, 15) is 13.2 Å². The maximum Gasteiger partial charge on any atom is 0.390 e. The Hall–Kier alpha value is -0.290. The molecule has 0 saturated carbocycles. The zero-order valence-corrected chi connectivity index (χ0v) is 9.43. The summed E-state index contributed by atoms with van der Waals surface area (Å²) in [6, 6.07) is -0.670. The van der Waals surface area contributed by atoms with E-state index in [1.54, 1.807) is 0 Å². The highest BCUT2D eigenvalue weighted by molar-refractivity contribution is 4.75. The second-order valence-corrected chi connectivity index (χ2v) is 4.25. The first-order valence-corrected chi connectivity index (χ1v) is 5.20. The zero-order valence-electron chi connectivity index (χ0n) is 9.43. The molecule has 2 N–H and O–H groups in total. The van der Waals surface area contributed by atoms with E-state index >= 15 is 0 Å². The normalized spacial score (nSPS) is 16.8. The molecule has 2 atom stereocenters. The number of alkyl halides is 3. The minimum atomic E-state index is -4.13. The first-order chi connectivity index (χ1) is 6.76. The quantitative estimate of drug-likeness (QED) is 0.730. The van der Waals surface area contributed by atoms with Crippen LogP contribution >= 0.6 is 0 Å². The van der Waals surface area contributed by atoms with Crippen LogP contribution in [0.3, 0.4) is 0 Å². The predicted octanol–water partition coefficient (Wildman–Crippen LogP) is 2.32. The highest BCUT2D eigenvalue weighted by Crippen LogP contribution is 2.22. The molecular formula is C10H20F3NO. The minimum Gasteiger partial charge on any atom is -0.396 e. The monoisotopic (exact) mass is 227 g/mol. The van der Waals surface area contributed by atoms with E-state index in [0.717, 1.165) is 0 Å². The summed E-state index contributed by atoms with van der Waals surface area (Å²) in [5.74, 6) is 0.216. The van der Waals surface area contributed by atoms with Crippen molar-refractivity contribution in [1.29, 1.82) is 0 Å². The average Bonchev–Trinajstić information content (AvgIpc) is 1.99. The Morgan fingerprint density at radius 2 is 1.73 bits per heavy atom. The van der Waals surface area contributed by atoms with Crippen molar-refractivity contribution in [3.63, 3.8) is 0 Å². The molecule has 92 valence electrons. The van der Waals surface area contributed by atoms with Crippen LogP contribution in [0.5, 0.6) is 0 Å². The van der Waals surface area contributed by atoms with Crippen LogP contribution in [0.1, 0.15) is 33.6 Å². The topological polar surface area (TPSA) is 32.3 Å². The third kappa shape index (κ3) is 7.62. The zero-order chi connectivity index (χ0) is 12.1. The van der Waals surface area contributed by atoms with Gasteiger partial charge in [0.25, 0.3) is 0 Å². The van der Waals surface area contributed by atoms with Gasteiger partial charge in [-0.05, 0) is 19.3 Å². The molecule has 0 aromatic rings. The number of hydrogen-bond acceptors (Lipinski definition) is 2. The Morgan fingerprint density at radius 1 is 1.20 bits per heavy atom. The van der Waals surface area contributed by atoms with Crippen molar-refractivity contribution in [2.24, 2.45) is 5.92 Å². The Kier molecular flexibility index (Phi) is 6.20. The Bertz CT molecular complexity index is 171. The molecule has 0 bridgehead atoms. The molecule has 0 aliphatic heterocycles.